The van der Waals surface area contributed by atoms with E-state index in [0.29, 0.717) is 11.3 Å². The van der Waals surface area contributed by atoms with Gasteiger partial charge in [0.05, 0.1) is 12.5 Å². The number of rotatable bonds is 16. The number of carboxylic acid groups (broad SMARTS) is 2. The van der Waals surface area contributed by atoms with Crippen molar-refractivity contribution in [1.29, 1.82) is 0 Å². The number of carbonyl (C=O) groups excluding carboxylic acids is 3. The standard InChI is InChI=1S/C29H35N5O7S/c1-42-12-11-22(29(40)41)32-28(39)24(15-25(35)36)34-27(38)23(14-18-16-31-21-10-6-5-9-19(18)21)33-26(37)20(30)13-17-7-3-2-4-8-17/h2-10,16,20,22-24,31H,11-15,30H2,1H3,(H,32,39)(H,33,37)(H,34,38)(H,35,36)(H,40,41). The van der Waals surface area contributed by atoms with Crippen LogP contribution in [-0.4, -0.2) is 81.0 Å². The predicted octanol–water partition coefficient (Wildman–Crippen LogP) is 1.05. The van der Waals surface area contributed by atoms with Crippen LogP contribution in [0.5, 0.6) is 0 Å². The van der Waals surface area contributed by atoms with Gasteiger partial charge in [-0.2, -0.15) is 11.8 Å². The number of para-hydroxylation sites is 1. The Kier molecular flexibility index (Phi) is 11.9. The Morgan fingerprint density at radius 1 is 0.833 bits per heavy atom. The molecule has 0 saturated carbocycles. The van der Waals surface area contributed by atoms with Gasteiger partial charge in [-0.05, 0) is 42.0 Å². The lowest BCUT2D eigenvalue weighted by molar-refractivity contribution is -0.143. The van der Waals surface area contributed by atoms with E-state index < -0.39 is 60.2 Å². The van der Waals surface area contributed by atoms with E-state index in [0.717, 1.165) is 16.5 Å². The third-order valence-corrected chi connectivity index (χ3v) is 7.25. The number of aromatic nitrogens is 1. The highest BCUT2D eigenvalue weighted by Gasteiger charge is 2.32. The van der Waals surface area contributed by atoms with Gasteiger partial charge in [-0.1, -0.05) is 48.5 Å². The van der Waals surface area contributed by atoms with Crippen molar-refractivity contribution in [3.63, 3.8) is 0 Å². The minimum Gasteiger partial charge on any atom is -0.481 e. The maximum Gasteiger partial charge on any atom is 0.326 e. The molecule has 0 saturated heterocycles. The van der Waals surface area contributed by atoms with Gasteiger partial charge in [0, 0.05) is 23.5 Å². The number of hydrogen-bond acceptors (Lipinski definition) is 7. The number of aromatic amines is 1. The highest BCUT2D eigenvalue weighted by Crippen LogP contribution is 2.19. The molecule has 3 amide bonds. The molecule has 1 heterocycles. The first-order chi connectivity index (χ1) is 20.1. The van der Waals surface area contributed by atoms with Crippen LogP contribution < -0.4 is 21.7 Å². The topological polar surface area (TPSA) is 204 Å². The van der Waals surface area contributed by atoms with Gasteiger partial charge < -0.3 is 36.9 Å². The minimum absolute atomic E-state index is 0.00648. The summed E-state index contributed by atoms with van der Waals surface area (Å²) in [7, 11) is 0. The Morgan fingerprint density at radius 2 is 1.45 bits per heavy atom. The largest absolute Gasteiger partial charge is 0.481 e. The highest BCUT2D eigenvalue weighted by atomic mass is 32.2. The summed E-state index contributed by atoms with van der Waals surface area (Å²) >= 11 is 1.39. The summed E-state index contributed by atoms with van der Waals surface area (Å²) in [4.78, 5) is 65.9. The molecule has 224 valence electrons. The average molecular weight is 598 g/mol. The van der Waals surface area contributed by atoms with E-state index in [9.17, 15) is 34.2 Å². The number of aliphatic carboxylic acids is 2. The number of carboxylic acids is 2. The first-order valence-corrected chi connectivity index (χ1v) is 14.7. The minimum atomic E-state index is -1.59. The van der Waals surface area contributed by atoms with Crippen molar-refractivity contribution >= 4 is 52.3 Å². The van der Waals surface area contributed by atoms with Gasteiger partial charge in [-0.15, -0.1) is 0 Å². The molecular weight excluding hydrogens is 562 g/mol. The van der Waals surface area contributed by atoms with Gasteiger partial charge in [0.25, 0.3) is 0 Å². The molecule has 42 heavy (non-hydrogen) atoms. The SMILES string of the molecule is CSCCC(NC(=O)C(CC(=O)O)NC(=O)C(Cc1c[nH]c2ccccc12)NC(=O)C(N)Cc1ccccc1)C(=O)O. The van der Waals surface area contributed by atoms with Crippen LogP contribution in [0.3, 0.4) is 0 Å². The smallest absolute Gasteiger partial charge is 0.326 e. The van der Waals surface area contributed by atoms with Crippen LogP contribution in [0, 0.1) is 0 Å². The van der Waals surface area contributed by atoms with E-state index in [-0.39, 0.29) is 19.3 Å². The lowest BCUT2D eigenvalue weighted by Crippen LogP contribution is -2.58. The molecule has 4 unspecified atom stereocenters. The number of hydrogen-bond donors (Lipinski definition) is 7. The zero-order valence-corrected chi connectivity index (χ0v) is 23.9. The van der Waals surface area contributed by atoms with Crippen molar-refractivity contribution in [3.05, 3.63) is 71.9 Å². The van der Waals surface area contributed by atoms with Crippen molar-refractivity contribution in [2.75, 3.05) is 12.0 Å². The molecule has 3 aromatic rings. The fourth-order valence-corrected chi connectivity index (χ4v) is 4.86. The zero-order chi connectivity index (χ0) is 30.6. The number of nitrogens with one attached hydrogen (secondary N) is 4. The maximum absolute atomic E-state index is 13.5. The Labute approximate surface area is 246 Å². The van der Waals surface area contributed by atoms with Crippen LogP contribution in [0.2, 0.25) is 0 Å². The molecule has 3 rings (SSSR count). The van der Waals surface area contributed by atoms with Crippen molar-refractivity contribution in [2.45, 2.75) is 49.9 Å². The summed E-state index contributed by atoms with van der Waals surface area (Å²) in [6.07, 6.45) is 3.01. The number of amides is 3. The quantitative estimate of drug-likeness (QED) is 0.126. The van der Waals surface area contributed by atoms with Crippen molar-refractivity contribution < 1.29 is 34.2 Å². The fourth-order valence-electron chi connectivity index (χ4n) is 4.39. The van der Waals surface area contributed by atoms with Crippen LogP contribution in [0.25, 0.3) is 10.9 Å². The molecule has 2 aromatic carbocycles. The Bertz CT molecular complexity index is 1400. The van der Waals surface area contributed by atoms with E-state index in [4.69, 9.17) is 5.73 Å². The lowest BCUT2D eigenvalue weighted by Gasteiger charge is -2.24. The van der Waals surface area contributed by atoms with Crippen molar-refractivity contribution in [3.8, 4) is 0 Å². The number of benzene rings is 2. The van der Waals surface area contributed by atoms with Gasteiger partial charge in [-0.25, -0.2) is 4.79 Å². The Balaban J connectivity index is 1.82. The second kappa shape index (κ2) is 15.6. The van der Waals surface area contributed by atoms with Gasteiger partial charge >= 0.3 is 11.9 Å². The molecule has 12 nitrogen and oxygen atoms in total. The zero-order valence-electron chi connectivity index (χ0n) is 23.0. The molecule has 0 spiro atoms. The van der Waals surface area contributed by atoms with Crippen LogP contribution in [0.15, 0.2) is 60.8 Å². The Hall–Kier alpha value is -4.36. The van der Waals surface area contributed by atoms with Gasteiger partial charge in [0.2, 0.25) is 17.7 Å². The molecule has 13 heteroatoms. The molecule has 8 N–H and O–H groups in total. The summed E-state index contributed by atoms with van der Waals surface area (Å²) < 4.78 is 0. The molecule has 0 aliphatic heterocycles. The molecule has 0 aliphatic carbocycles. The highest BCUT2D eigenvalue weighted by molar-refractivity contribution is 7.98. The Morgan fingerprint density at radius 3 is 2.12 bits per heavy atom. The number of thioether (sulfide) groups is 1. The average Bonchev–Trinajstić information content (AvgIpc) is 3.37. The van der Waals surface area contributed by atoms with Crippen molar-refractivity contribution in [2.24, 2.45) is 5.73 Å². The van der Waals surface area contributed by atoms with E-state index in [1.807, 2.05) is 54.6 Å². The summed E-state index contributed by atoms with van der Waals surface area (Å²) in [5, 5.41) is 27.1. The van der Waals surface area contributed by atoms with Gasteiger partial charge in [-0.3, -0.25) is 19.2 Å². The van der Waals surface area contributed by atoms with Crippen LogP contribution >= 0.6 is 11.8 Å². The first kappa shape index (κ1) is 32.2. The van der Waals surface area contributed by atoms with Crippen LogP contribution in [0.1, 0.15) is 24.0 Å². The maximum atomic E-state index is 13.5. The summed E-state index contributed by atoms with van der Waals surface area (Å²) in [6.45, 7) is 0. The lowest BCUT2D eigenvalue weighted by atomic mass is 10.0. The van der Waals surface area contributed by atoms with Gasteiger partial charge in [0.1, 0.15) is 18.1 Å². The molecule has 4 atom stereocenters. The molecule has 0 aliphatic rings. The van der Waals surface area contributed by atoms with E-state index in [1.54, 1.807) is 12.5 Å². The normalized spacial score (nSPS) is 13.9. The molecule has 1 aromatic heterocycles. The number of carbonyl (C=O) groups is 5. The summed E-state index contributed by atoms with van der Waals surface area (Å²) in [5.41, 5.74) is 8.49. The van der Waals surface area contributed by atoms with Crippen molar-refractivity contribution in [1.82, 2.24) is 20.9 Å². The monoisotopic (exact) mass is 597 g/mol. The second-order valence-corrected chi connectivity index (χ2v) is 10.7. The molecule has 0 radical (unpaired) electrons. The van der Waals surface area contributed by atoms with E-state index in [2.05, 4.69) is 20.9 Å². The third-order valence-electron chi connectivity index (χ3n) is 6.60. The number of nitrogens with two attached hydrogens (primary N) is 1. The van der Waals surface area contributed by atoms with Crippen LogP contribution in [-0.2, 0) is 36.8 Å². The molecule has 0 bridgehead atoms. The third kappa shape index (κ3) is 9.35. The van der Waals surface area contributed by atoms with E-state index >= 15 is 0 Å². The van der Waals surface area contributed by atoms with Gasteiger partial charge in [0.15, 0.2) is 0 Å². The fraction of sp³-hybridized carbons (Fsp3) is 0.345. The second-order valence-electron chi connectivity index (χ2n) is 9.76. The first-order valence-electron chi connectivity index (χ1n) is 13.3. The summed E-state index contributed by atoms with van der Waals surface area (Å²) in [5.74, 6) is -4.62. The van der Waals surface area contributed by atoms with E-state index in [1.165, 1.54) is 11.8 Å². The molecular formula is C29H35N5O7S. The van der Waals surface area contributed by atoms with Crippen LogP contribution in [0.4, 0.5) is 0 Å². The number of fused-ring (bicyclic) bond motifs is 1. The predicted molar refractivity (Wildman–Crippen MR) is 159 cm³/mol. The summed E-state index contributed by atoms with van der Waals surface area (Å²) in [6, 6.07) is 11.4. The number of H-pyrrole nitrogens is 1. The molecule has 0 fully saturated rings.